The van der Waals surface area contributed by atoms with Crippen LogP contribution >= 0.6 is 11.3 Å². The van der Waals surface area contributed by atoms with E-state index in [1.165, 1.54) is 11.3 Å². The predicted molar refractivity (Wildman–Crippen MR) is 43.1 cm³/mol. The van der Waals surface area contributed by atoms with Crippen LogP contribution in [0.3, 0.4) is 0 Å². The highest BCUT2D eigenvalue weighted by Crippen LogP contribution is 2.12. The zero-order chi connectivity index (χ0) is 8.27. The number of nitrogen functional groups attached to an aromatic ring is 1. The maximum Gasteiger partial charge on any atom is 0.277 e. The van der Waals surface area contributed by atoms with Gasteiger partial charge in [-0.05, 0) is 6.42 Å². The average molecular weight is 171 g/mol. The fraction of sp³-hybridized carbons (Fsp3) is 0.333. The number of nitrogens with one attached hydrogen (secondary N) is 1. The third-order valence-electron chi connectivity index (χ3n) is 1.31. The Balaban J connectivity index is 2.92. The summed E-state index contributed by atoms with van der Waals surface area (Å²) in [7, 11) is 0. The molecule has 1 aromatic heterocycles. The van der Waals surface area contributed by atoms with E-state index in [2.05, 4.69) is 10.4 Å². The molecule has 0 saturated heterocycles. The summed E-state index contributed by atoms with van der Waals surface area (Å²) in [4.78, 5) is 15.6. The van der Waals surface area contributed by atoms with Gasteiger partial charge in [-0.3, -0.25) is 10.2 Å². The zero-order valence-corrected chi connectivity index (χ0v) is 6.94. The third-order valence-corrected chi connectivity index (χ3v) is 2.18. The summed E-state index contributed by atoms with van der Waals surface area (Å²) in [5.41, 5.74) is 4.52. The number of hydrogen-bond acceptors (Lipinski definition) is 4. The molecule has 0 atom stereocenters. The summed E-state index contributed by atoms with van der Waals surface area (Å²) < 4.78 is 0. The lowest BCUT2D eigenvalue weighted by Crippen LogP contribution is -2.29. The highest BCUT2D eigenvalue weighted by molar-refractivity contribution is 7.11. The summed E-state index contributed by atoms with van der Waals surface area (Å²) in [5.74, 6) is 4.71. The first kappa shape index (κ1) is 8.16. The zero-order valence-electron chi connectivity index (χ0n) is 6.13. The monoisotopic (exact) mass is 171 g/mol. The van der Waals surface area contributed by atoms with E-state index in [0.29, 0.717) is 4.88 Å². The van der Waals surface area contributed by atoms with Gasteiger partial charge in [-0.1, -0.05) is 6.92 Å². The number of aromatic nitrogens is 1. The Kier molecular flexibility index (Phi) is 2.56. The van der Waals surface area contributed by atoms with Gasteiger partial charge in [0, 0.05) is 0 Å². The molecular formula is C6H9N3OS. The van der Waals surface area contributed by atoms with Crippen LogP contribution in [0.4, 0.5) is 0 Å². The number of hydrazine groups is 1. The van der Waals surface area contributed by atoms with Crippen LogP contribution < -0.4 is 11.3 Å². The molecule has 3 N–H and O–H groups in total. The second-order valence-electron chi connectivity index (χ2n) is 1.96. The lowest BCUT2D eigenvalue weighted by atomic mass is 10.3. The fourth-order valence-electron chi connectivity index (χ4n) is 0.771. The van der Waals surface area contributed by atoms with E-state index in [0.717, 1.165) is 12.1 Å². The molecule has 0 radical (unpaired) electrons. The largest absolute Gasteiger partial charge is 0.289 e. The topological polar surface area (TPSA) is 68.0 Å². The van der Waals surface area contributed by atoms with Crippen LogP contribution in [0.15, 0.2) is 5.51 Å². The molecule has 1 heterocycles. The molecule has 60 valence electrons. The molecule has 11 heavy (non-hydrogen) atoms. The Morgan fingerprint density at radius 3 is 3.18 bits per heavy atom. The smallest absolute Gasteiger partial charge is 0.277 e. The number of aryl methyl sites for hydroxylation is 1. The minimum atomic E-state index is -0.260. The molecule has 1 rings (SSSR count). The normalized spacial score (nSPS) is 9.64. The van der Waals surface area contributed by atoms with Gasteiger partial charge in [0.05, 0.1) is 11.2 Å². The second kappa shape index (κ2) is 3.45. The lowest BCUT2D eigenvalue weighted by Gasteiger charge is -1.95. The Hall–Kier alpha value is -0.940. The Bertz CT molecular complexity index is 258. The molecule has 0 spiro atoms. The number of hydrogen-bond donors (Lipinski definition) is 2. The number of nitrogens with two attached hydrogens (primary N) is 1. The van der Waals surface area contributed by atoms with Crippen molar-refractivity contribution in [2.24, 2.45) is 5.84 Å². The van der Waals surface area contributed by atoms with Gasteiger partial charge >= 0.3 is 0 Å². The molecule has 0 aliphatic rings. The highest BCUT2D eigenvalue weighted by atomic mass is 32.1. The Morgan fingerprint density at radius 2 is 2.64 bits per heavy atom. The SMILES string of the molecule is CCc1ncsc1C(=O)NN. The van der Waals surface area contributed by atoms with Crippen LogP contribution in [-0.4, -0.2) is 10.9 Å². The number of thiazole rings is 1. The molecule has 0 aromatic carbocycles. The van der Waals surface area contributed by atoms with Crippen molar-refractivity contribution in [2.45, 2.75) is 13.3 Å². The molecule has 0 saturated carbocycles. The summed E-state index contributed by atoms with van der Waals surface area (Å²) in [6.07, 6.45) is 0.756. The molecule has 0 fully saturated rings. The predicted octanol–water partition coefficient (Wildman–Crippen LogP) is 0.309. The van der Waals surface area contributed by atoms with E-state index in [-0.39, 0.29) is 5.91 Å². The van der Waals surface area contributed by atoms with Crippen molar-refractivity contribution in [3.8, 4) is 0 Å². The number of carbonyl (C=O) groups is 1. The number of carbonyl (C=O) groups excluding carboxylic acids is 1. The highest BCUT2D eigenvalue weighted by Gasteiger charge is 2.10. The van der Waals surface area contributed by atoms with Crippen LogP contribution in [0.2, 0.25) is 0 Å². The van der Waals surface area contributed by atoms with Gasteiger partial charge in [0.2, 0.25) is 0 Å². The first-order chi connectivity index (χ1) is 5.29. The maximum absolute atomic E-state index is 11.0. The van der Waals surface area contributed by atoms with E-state index >= 15 is 0 Å². The van der Waals surface area contributed by atoms with E-state index in [1.54, 1.807) is 5.51 Å². The van der Waals surface area contributed by atoms with Crippen LogP contribution in [0.5, 0.6) is 0 Å². The number of amides is 1. The number of nitrogens with zero attached hydrogens (tertiary/aromatic N) is 1. The van der Waals surface area contributed by atoms with Gasteiger partial charge in [-0.2, -0.15) is 0 Å². The van der Waals surface area contributed by atoms with Crippen molar-refractivity contribution in [3.05, 3.63) is 16.1 Å². The molecule has 0 unspecified atom stereocenters. The first-order valence-electron chi connectivity index (χ1n) is 3.23. The quantitative estimate of drug-likeness (QED) is 0.382. The van der Waals surface area contributed by atoms with Crippen LogP contribution in [0.25, 0.3) is 0 Å². The van der Waals surface area contributed by atoms with Crippen molar-refractivity contribution in [3.63, 3.8) is 0 Å². The lowest BCUT2D eigenvalue weighted by molar-refractivity contribution is 0.0956. The molecule has 0 aliphatic heterocycles. The van der Waals surface area contributed by atoms with Gasteiger partial charge in [-0.25, -0.2) is 10.8 Å². The molecule has 1 amide bonds. The van der Waals surface area contributed by atoms with E-state index in [1.807, 2.05) is 6.92 Å². The van der Waals surface area contributed by atoms with Crippen molar-refractivity contribution >= 4 is 17.2 Å². The Labute approximate surface area is 68.4 Å². The summed E-state index contributed by atoms with van der Waals surface area (Å²) >= 11 is 1.30. The Morgan fingerprint density at radius 1 is 1.91 bits per heavy atom. The standard InChI is InChI=1S/C6H9N3OS/c1-2-4-5(6(10)9-7)11-3-8-4/h3H,2,7H2,1H3,(H,9,10). The van der Waals surface area contributed by atoms with Crippen LogP contribution in [0, 0.1) is 0 Å². The van der Waals surface area contributed by atoms with Crippen molar-refractivity contribution in [2.75, 3.05) is 0 Å². The van der Waals surface area contributed by atoms with Gasteiger partial charge in [0.25, 0.3) is 5.91 Å². The minimum absolute atomic E-state index is 0.260. The summed E-state index contributed by atoms with van der Waals surface area (Å²) in [6, 6.07) is 0. The molecule has 0 aliphatic carbocycles. The molecule has 1 aromatic rings. The molecule has 5 heteroatoms. The maximum atomic E-state index is 11.0. The first-order valence-corrected chi connectivity index (χ1v) is 4.10. The molecule has 4 nitrogen and oxygen atoms in total. The van der Waals surface area contributed by atoms with Gasteiger partial charge in [0.15, 0.2) is 0 Å². The van der Waals surface area contributed by atoms with Crippen molar-refractivity contribution in [1.82, 2.24) is 10.4 Å². The second-order valence-corrected chi connectivity index (χ2v) is 2.81. The minimum Gasteiger partial charge on any atom is -0.289 e. The van der Waals surface area contributed by atoms with E-state index in [4.69, 9.17) is 5.84 Å². The van der Waals surface area contributed by atoms with Gasteiger partial charge in [0.1, 0.15) is 4.88 Å². The van der Waals surface area contributed by atoms with Crippen LogP contribution in [0.1, 0.15) is 22.3 Å². The third kappa shape index (κ3) is 1.55. The molecule has 0 bridgehead atoms. The van der Waals surface area contributed by atoms with Gasteiger partial charge in [-0.15, -0.1) is 11.3 Å². The van der Waals surface area contributed by atoms with Crippen LogP contribution in [-0.2, 0) is 6.42 Å². The summed E-state index contributed by atoms with van der Waals surface area (Å²) in [6.45, 7) is 1.95. The van der Waals surface area contributed by atoms with Crippen molar-refractivity contribution < 1.29 is 4.79 Å². The van der Waals surface area contributed by atoms with Crippen molar-refractivity contribution in [1.29, 1.82) is 0 Å². The van der Waals surface area contributed by atoms with Gasteiger partial charge < -0.3 is 0 Å². The number of rotatable bonds is 2. The van der Waals surface area contributed by atoms with E-state index in [9.17, 15) is 4.79 Å². The summed E-state index contributed by atoms with van der Waals surface area (Å²) in [5, 5.41) is 0. The van der Waals surface area contributed by atoms with E-state index < -0.39 is 0 Å². The fourth-order valence-corrected chi connectivity index (χ4v) is 1.56. The molecular weight excluding hydrogens is 162 g/mol. The average Bonchev–Trinajstić information content (AvgIpc) is 2.50.